The minimum absolute atomic E-state index is 0.194. The smallest absolute Gasteiger partial charge is 0.335 e. The van der Waals surface area contributed by atoms with E-state index in [1.165, 1.54) is 0 Å². The van der Waals surface area contributed by atoms with E-state index in [0.717, 1.165) is 22.8 Å². The number of carbonyl (C=O) groups excluding carboxylic acids is 1. The molecule has 1 N–H and O–H groups in total. The lowest BCUT2D eigenvalue weighted by atomic mass is 9.81. The minimum Gasteiger partial charge on any atom is -0.507 e. The molecule has 0 bridgehead atoms. The van der Waals surface area contributed by atoms with Gasteiger partial charge in [0.1, 0.15) is 11.5 Å². The Kier molecular flexibility index (Phi) is 9.89. The van der Waals surface area contributed by atoms with Gasteiger partial charge in [0.25, 0.3) is 0 Å². The lowest BCUT2D eigenvalue weighted by molar-refractivity contribution is -0.133. The molecule has 0 aromatic rings. The van der Waals surface area contributed by atoms with Crippen LogP contribution in [0.2, 0.25) is 0 Å². The van der Waals surface area contributed by atoms with Crippen LogP contribution in [-0.2, 0) is 9.53 Å². The molecular formula is C26H38O3. The predicted octanol–water partition coefficient (Wildman–Crippen LogP) is 7.53. The summed E-state index contributed by atoms with van der Waals surface area (Å²) in [6, 6.07) is 0. The van der Waals surface area contributed by atoms with Crippen molar-refractivity contribution >= 4 is 5.97 Å². The van der Waals surface area contributed by atoms with Gasteiger partial charge < -0.3 is 9.84 Å². The monoisotopic (exact) mass is 398 g/mol. The zero-order chi connectivity index (χ0) is 23.0. The molecule has 3 nitrogen and oxygen atoms in total. The molecule has 0 aliphatic rings. The fourth-order valence-electron chi connectivity index (χ4n) is 3.04. The predicted molar refractivity (Wildman–Crippen MR) is 124 cm³/mol. The van der Waals surface area contributed by atoms with E-state index < -0.39 is 5.97 Å². The van der Waals surface area contributed by atoms with Gasteiger partial charge in [-0.25, -0.2) is 4.79 Å². The average molecular weight is 399 g/mol. The van der Waals surface area contributed by atoms with Crippen molar-refractivity contribution in [2.45, 2.75) is 61.8 Å². The molecule has 3 heteroatoms. The van der Waals surface area contributed by atoms with Gasteiger partial charge in [-0.3, -0.25) is 0 Å². The summed E-state index contributed by atoms with van der Waals surface area (Å²) in [6.07, 6.45) is 8.63. The Morgan fingerprint density at radius 1 is 0.897 bits per heavy atom. The highest BCUT2D eigenvalue weighted by Crippen LogP contribution is 2.37. The van der Waals surface area contributed by atoms with Crippen LogP contribution in [0, 0.1) is 10.8 Å². The second kappa shape index (κ2) is 10.8. The average Bonchev–Trinajstić information content (AvgIpc) is 2.60. The van der Waals surface area contributed by atoms with E-state index in [2.05, 4.69) is 19.7 Å². The highest BCUT2D eigenvalue weighted by atomic mass is 16.5. The molecule has 0 saturated heterocycles. The van der Waals surface area contributed by atoms with Gasteiger partial charge in [-0.2, -0.15) is 0 Å². The van der Waals surface area contributed by atoms with Crippen LogP contribution in [0.15, 0.2) is 83.9 Å². The van der Waals surface area contributed by atoms with Crippen molar-refractivity contribution in [1.82, 2.24) is 0 Å². The van der Waals surface area contributed by atoms with Crippen LogP contribution < -0.4 is 0 Å². The Labute approximate surface area is 177 Å². The summed E-state index contributed by atoms with van der Waals surface area (Å²) >= 11 is 0. The number of carbonyl (C=O) groups is 1. The zero-order valence-corrected chi connectivity index (χ0v) is 19.5. The number of ether oxygens (including phenoxy) is 1. The topological polar surface area (TPSA) is 46.5 Å². The summed E-state index contributed by atoms with van der Waals surface area (Å²) in [5, 5.41) is 11.0. The largest absolute Gasteiger partial charge is 0.507 e. The van der Waals surface area contributed by atoms with E-state index >= 15 is 0 Å². The number of rotatable bonds is 8. The molecular weight excluding hydrogens is 360 g/mol. The van der Waals surface area contributed by atoms with Gasteiger partial charge in [-0.05, 0) is 47.0 Å². The van der Waals surface area contributed by atoms with Gasteiger partial charge in [-0.15, -0.1) is 0 Å². The summed E-state index contributed by atoms with van der Waals surface area (Å²) in [5.41, 5.74) is 2.52. The Morgan fingerprint density at radius 2 is 1.45 bits per heavy atom. The van der Waals surface area contributed by atoms with Gasteiger partial charge in [0.2, 0.25) is 0 Å². The molecule has 160 valence electrons. The van der Waals surface area contributed by atoms with Crippen LogP contribution in [0.5, 0.6) is 0 Å². The first-order chi connectivity index (χ1) is 13.3. The first-order valence-electron chi connectivity index (χ1n) is 9.87. The van der Waals surface area contributed by atoms with Crippen LogP contribution in [0.3, 0.4) is 0 Å². The summed E-state index contributed by atoms with van der Waals surface area (Å²) in [6.45, 7) is 27.3. The second-order valence-electron chi connectivity index (χ2n) is 8.84. The van der Waals surface area contributed by atoms with Crippen molar-refractivity contribution in [3.63, 3.8) is 0 Å². The molecule has 0 rings (SSSR count). The van der Waals surface area contributed by atoms with Crippen molar-refractivity contribution < 1.29 is 14.6 Å². The molecule has 0 aliphatic carbocycles. The highest BCUT2D eigenvalue weighted by Gasteiger charge is 2.26. The maximum atomic E-state index is 12.0. The fourth-order valence-corrected chi connectivity index (χ4v) is 3.04. The minimum atomic E-state index is -0.542. The third-order valence-corrected chi connectivity index (χ3v) is 4.55. The van der Waals surface area contributed by atoms with E-state index in [1.807, 2.05) is 67.5 Å². The lowest BCUT2D eigenvalue weighted by Crippen LogP contribution is -2.16. The van der Waals surface area contributed by atoms with Crippen LogP contribution >= 0.6 is 0 Å². The fraction of sp³-hybridized carbons (Fsp3) is 0.423. The Morgan fingerprint density at radius 3 is 1.76 bits per heavy atom. The molecule has 0 aliphatic heterocycles. The molecule has 0 aromatic carbocycles. The molecule has 0 spiro atoms. The van der Waals surface area contributed by atoms with Crippen molar-refractivity contribution in [3.8, 4) is 0 Å². The number of hydrogen-bond donors (Lipinski definition) is 1. The summed E-state index contributed by atoms with van der Waals surface area (Å²) in [4.78, 5) is 12.0. The summed E-state index contributed by atoms with van der Waals surface area (Å²) in [7, 11) is 0. The standard InChI is InChI=1S/C26H38O3/c1-12-18(23(28)20(14-3)25(6,7)8)17-19(13-2)24(29-22(27)16-5)21(15-4)26(9,10)11/h12-16,28H,1,4-5,17H2,2-3,6-11H3/b19-13-,20-14+,23-18-,24-21-. The second-order valence-corrected chi connectivity index (χ2v) is 8.84. The van der Waals surface area contributed by atoms with Crippen LogP contribution in [0.1, 0.15) is 61.8 Å². The normalized spacial score (nSPS) is 15.2. The molecule has 0 saturated carbocycles. The van der Waals surface area contributed by atoms with Crippen LogP contribution in [0.25, 0.3) is 0 Å². The first kappa shape index (κ1) is 26.4. The number of allylic oxidation sites excluding steroid dienone is 8. The molecule has 0 fully saturated rings. The van der Waals surface area contributed by atoms with E-state index in [4.69, 9.17) is 4.74 Å². The van der Waals surface area contributed by atoms with E-state index in [-0.39, 0.29) is 16.6 Å². The van der Waals surface area contributed by atoms with Crippen molar-refractivity contribution in [3.05, 3.63) is 83.9 Å². The Balaban J connectivity index is 6.63. The van der Waals surface area contributed by atoms with Gasteiger partial charge in [-0.1, -0.05) is 85.6 Å². The van der Waals surface area contributed by atoms with Gasteiger partial charge in [0.05, 0.1) is 0 Å². The SMILES string of the molecule is C=CC(=O)OC(/C(=C\C)C/C(C=C)=C(O)/C(=C\C)C(C)(C)C)=C(/C=C)C(C)(C)C. The van der Waals surface area contributed by atoms with Crippen molar-refractivity contribution in [1.29, 1.82) is 0 Å². The first-order valence-corrected chi connectivity index (χ1v) is 9.87. The van der Waals surface area contributed by atoms with E-state index in [9.17, 15) is 9.90 Å². The van der Waals surface area contributed by atoms with E-state index in [1.54, 1.807) is 12.2 Å². The molecule has 29 heavy (non-hydrogen) atoms. The number of aliphatic hydroxyl groups is 1. The number of esters is 1. The van der Waals surface area contributed by atoms with E-state index in [0.29, 0.717) is 17.8 Å². The third kappa shape index (κ3) is 7.41. The highest BCUT2D eigenvalue weighted by molar-refractivity contribution is 5.82. The molecule has 0 unspecified atom stereocenters. The summed E-state index contributed by atoms with van der Waals surface area (Å²) < 4.78 is 5.64. The van der Waals surface area contributed by atoms with Crippen LogP contribution in [-0.4, -0.2) is 11.1 Å². The zero-order valence-electron chi connectivity index (χ0n) is 19.5. The molecule has 0 radical (unpaired) electrons. The number of hydrogen-bond acceptors (Lipinski definition) is 3. The van der Waals surface area contributed by atoms with Gasteiger partial charge in [0.15, 0.2) is 0 Å². The van der Waals surface area contributed by atoms with Crippen molar-refractivity contribution in [2.24, 2.45) is 10.8 Å². The quantitative estimate of drug-likeness (QED) is 0.199. The summed E-state index contributed by atoms with van der Waals surface area (Å²) in [5.74, 6) is 0.0876. The third-order valence-electron chi connectivity index (χ3n) is 4.55. The maximum Gasteiger partial charge on any atom is 0.335 e. The maximum absolute atomic E-state index is 12.0. The molecule has 0 aromatic heterocycles. The lowest BCUT2D eigenvalue weighted by Gasteiger charge is -2.26. The van der Waals surface area contributed by atoms with Crippen LogP contribution in [0.4, 0.5) is 0 Å². The Bertz CT molecular complexity index is 770. The molecule has 0 heterocycles. The number of aliphatic hydroxyl groups excluding tert-OH is 1. The Hall–Kier alpha value is -2.55. The molecule has 0 atom stereocenters. The van der Waals surface area contributed by atoms with Crippen molar-refractivity contribution in [2.75, 3.05) is 0 Å². The van der Waals surface area contributed by atoms with Gasteiger partial charge in [0, 0.05) is 12.5 Å². The molecule has 0 amide bonds. The van der Waals surface area contributed by atoms with Gasteiger partial charge >= 0.3 is 5.97 Å².